The Bertz CT molecular complexity index is 935. The molecular formula is C22H30N2O5S. The smallest absolute Gasteiger partial charge is 0.211 e. The molecule has 8 heteroatoms. The summed E-state index contributed by atoms with van der Waals surface area (Å²) < 4.78 is 41.6. The van der Waals surface area contributed by atoms with Gasteiger partial charge in [0.15, 0.2) is 6.29 Å². The van der Waals surface area contributed by atoms with E-state index < -0.39 is 16.3 Å². The second-order valence-corrected chi connectivity index (χ2v) is 9.43. The molecule has 0 aliphatic carbocycles. The van der Waals surface area contributed by atoms with Crippen molar-refractivity contribution in [3.05, 3.63) is 48.0 Å². The number of hydrogen-bond donors (Lipinski definition) is 0. The van der Waals surface area contributed by atoms with Crippen molar-refractivity contribution in [2.75, 3.05) is 58.2 Å². The maximum Gasteiger partial charge on any atom is 0.211 e. The second kappa shape index (κ2) is 9.78. The SMILES string of the molecule is COC(COc1cc(-c2ccc(C)cc2)cc(N2CCN(S(C)(=O)=O)CC2)c1)OC. The molecule has 0 aromatic heterocycles. The fourth-order valence-corrected chi connectivity index (χ4v) is 4.26. The van der Waals surface area contributed by atoms with Crippen molar-refractivity contribution in [1.29, 1.82) is 0 Å². The van der Waals surface area contributed by atoms with Gasteiger partial charge in [0.2, 0.25) is 10.0 Å². The molecule has 1 aliphatic rings. The molecule has 1 saturated heterocycles. The highest BCUT2D eigenvalue weighted by Gasteiger charge is 2.24. The summed E-state index contributed by atoms with van der Waals surface area (Å²) in [6.07, 6.45) is 0.809. The third kappa shape index (κ3) is 5.72. The zero-order valence-corrected chi connectivity index (χ0v) is 18.8. The van der Waals surface area contributed by atoms with Gasteiger partial charge in [-0.25, -0.2) is 8.42 Å². The molecule has 1 aliphatic heterocycles. The molecule has 0 saturated carbocycles. The van der Waals surface area contributed by atoms with Crippen LogP contribution in [0.15, 0.2) is 42.5 Å². The number of ether oxygens (including phenoxy) is 3. The summed E-state index contributed by atoms with van der Waals surface area (Å²) in [7, 11) is -0.0121. The van der Waals surface area contributed by atoms with Crippen LogP contribution < -0.4 is 9.64 Å². The van der Waals surface area contributed by atoms with Gasteiger partial charge in [0.1, 0.15) is 12.4 Å². The molecule has 0 radical (unpaired) electrons. The van der Waals surface area contributed by atoms with Gasteiger partial charge in [-0.1, -0.05) is 29.8 Å². The fourth-order valence-electron chi connectivity index (χ4n) is 3.44. The Kier molecular flexibility index (Phi) is 7.36. The van der Waals surface area contributed by atoms with Crippen molar-refractivity contribution in [2.24, 2.45) is 0 Å². The number of sulfonamides is 1. The van der Waals surface area contributed by atoms with E-state index in [-0.39, 0.29) is 6.61 Å². The van der Waals surface area contributed by atoms with E-state index in [0.717, 1.165) is 16.8 Å². The second-order valence-electron chi connectivity index (χ2n) is 7.44. The van der Waals surface area contributed by atoms with Crippen molar-refractivity contribution in [3.8, 4) is 16.9 Å². The normalized spacial score (nSPS) is 15.6. The zero-order valence-electron chi connectivity index (χ0n) is 18.0. The van der Waals surface area contributed by atoms with Crippen LogP contribution >= 0.6 is 0 Å². The first kappa shape index (κ1) is 22.6. The van der Waals surface area contributed by atoms with E-state index in [9.17, 15) is 8.42 Å². The fraction of sp³-hybridized carbons (Fsp3) is 0.455. The number of aryl methyl sites for hydroxylation is 1. The average Bonchev–Trinajstić information content (AvgIpc) is 2.74. The third-order valence-corrected chi connectivity index (χ3v) is 6.56. The highest BCUT2D eigenvalue weighted by atomic mass is 32.2. The molecule has 0 spiro atoms. The number of nitrogens with zero attached hydrogens (tertiary/aromatic N) is 2. The Morgan fingerprint density at radius 1 is 0.933 bits per heavy atom. The Morgan fingerprint density at radius 2 is 1.57 bits per heavy atom. The van der Waals surface area contributed by atoms with Gasteiger partial charge >= 0.3 is 0 Å². The summed E-state index contributed by atoms with van der Waals surface area (Å²) in [4.78, 5) is 2.19. The Hall–Kier alpha value is -2.13. The van der Waals surface area contributed by atoms with Crippen molar-refractivity contribution in [1.82, 2.24) is 4.31 Å². The van der Waals surface area contributed by atoms with Crippen molar-refractivity contribution >= 4 is 15.7 Å². The monoisotopic (exact) mass is 434 g/mol. The van der Waals surface area contributed by atoms with Crippen LogP contribution in [-0.2, 0) is 19.5 Å². The van der Waals surface area contributed by atoms with Crippen molar-refractivity contribution in [2.45, 2.75) is 13.2 Å². The van der Waals surface area contributed by atoms with Crippen LogP contribution in [0.4, 0.5) is 5.69 Å². The number of methoxy groups -OCH3 is 2. The van der Waals surface area contributed by atoms with Crippen LogP contribution in [0, 0.1) is 6.92 Å². The van der Waals surface area contributed by atoms with Gasteiger partial charge in [0.05, 0.1) is 6.26 Å². The van der Waals surface area contributed by atoms with Crippen LogP contribution in [0.3, 0.4) is 0 Å². The lowest BCUT2D eigenvalue weighted by Crippen LogP contribution is -2.48. The quantitative estimate of drug-likeness (QED) is 0.595. The first-order chi connectivity index (χ1) is 14.3. The molecule has 30 heavy (non-hydrogen) atoms. The minimum absolute atomic E-state index is 0.269. The number of hydrogen-bond acceptors (Lipinski definition) is 6. The maximum absolute atomic E-state index is 11.8. The number of piperazine rings is 1. The molecular weight excluding hydrogens is 404 g/mol. The van der Waals surface area contributed by atoms with Gasteiger partial charge in [-0.15, -0.1) is 0 Å². The topological polar surface area (TPSA) is 68.3 Å². The minimum Gasteiger partial charge on any atom is -0.488 e. The Labute approximate surface area is 179 Å². The van der Waals surface area contributed by atoms with Gasteiger partial charge in [0.25, 0.3) is 0 Å². The van der Waals surface area contributed by atoms with Crippen LogP contribution in [0.25, 0.3) is 11.1 Å². The summed E-state index contributed by atoms with van der Waals surface area (Å²) in [6, 6.07) is 14.5. The maximum atomic E-state index is 11.8. The average molecular weight is 435 g/mol. The van der Waals surface area contributed by atoms with E-state index in [1.807, 2.05) is 12.1 Å². The van der Waals surface area contributed by atoms with Gasteiger partial charge in [-0.3, -0.25) is 0 Å². The summed E-state index contributed by atoms with van der Waals surface area (Å²) in [5, 5.41) is 0. The molecule has 0 bridgehead atoms. The van der Waals surface area contributed by atoms with E-state index >= 15 is 0 Å². The van der Waals surface area contributed by atoms with E-state index in [0.29, 0.717) is 31.9 Å². The molecule has 0 unspecified atom stereocenters. The van der Waals surface area contributed by atoms with E-state index in [1.165, 1.54) is 16.1 Å². The lowest BCUT2D eigenvalue weighted by atomic mass is 10.0. The van der Waals surface area contributed by atoms with Crippen LogP contribution in [0.2, 0.25) is 0 Å². The largest absolute Gasteiger partial charge is 0.488 e. The number of anilines is 1. The Balaban J connectivity index is 1.87. The predicted octanol–water partition coefficient (Wildman–Crippen LogP) is 2.74. The highest BCUT2D eigenvalue weighted by molar-refractivity contribution is 7.88. The molecule has 3 rings (SSSR count). The summed E-state index contributed by atoms with van der Waals surface area (Å²) >= 11 is 0. The lowest BCUT2D eigenvalue weighted by Gasteiger charge is -2.35. The zero-order chi connectivity index (χ0) is 21.7. The summed E-state index contributed by atoms with van der Waals surface area (Å²) in [5.41, 5.74) is 4.34. The van der Waals surface area contributed by atoms with Crippen molar-refractivity contribution < 1.29 is 22.6 Å². The number of benzene rings is 2. The van der Waals surface area contributed by atoms with E-state index in [2.05, 4.69) is 42.2 Å². The van der Waals surface area contributed by atoms with Crippen molar-refractivity contribution in [3.63, 3.8) is 0 Å². The molecule has 0 amide bonds. The Morgan fingerprint density at radius 3 is 2.13 bits per heavy atom. The predicted molar refractivity (Wildman–Crippen MR) is 119 cm³/mol. The van der Waals surface area contributed by atoms with Gasteiger partial charge in [0, 0.05) is 52.2 Å². The third-order valence-electron chi connectivity index (χ3n) is 5.26. The molecule has 0 atom stereocenters. The van der Waals surface area contributed by atoms with Crippen LogP contribution in [-0.4, -0.2) is 72.3 Å². The van der Waals surface area contributed by atoms with E-state index in [4.69, 9.17) is 14.2 Å². The molecule has 1 fully saturated rings. The number of rotatable bonds is 8. The first-order valence-corrected chi connectivity index (χ1v) is 11.8. The summed E-state index contributed by atoms with van der Waals surface area (Å²) in [6.45, 7) is 4.53. The first-order valence-electron chi connectivity index (χ1n) is 9.91. The van der Waals surface area contributed by atoms with Crippen LogP contribution in [0.5, 0.6) is 5.75 Å². The van der Waals surface area contributed by atoms with Gasteiger partial charge in [-0.2, -0.15) is 4.31 Å². The van der Waals surface area contributed by atoms with Gasteiger partial charge in [-0.05, 0) is 30.2 Å². The molecule has 2 aromatic rings. The van der Waals surface area contributed by atoms with E-state index in [1.54, 1.807) is 14.2 Å². The molecule has 2 aromatic carbocycles. The van der Waals surface area contributed by atoms with Crippen LogP contribution in [0.1, 0.15) is 5.56 Å². The molecule has 164 valence electrons. The van der Waals surface area contributed by atoms with Gasteiger partial charge < -0.3 is 19.1 Å². The minimum atomic E-state index is -3.16. The standard InChI is InChI=1S/C22H30N2O5S/c1-17-5-7-18(8-6-17)19-13-20(15-21(14-19)29-16-22(27-2)28-3)23-9-11-24(12-10-23)30(4,25)26/h5-8,13-15,22H,9-12,16H2,1-4H3. The lowest BCUT2D eigenvalue weighted by molar-refractivity contribution is -0.121. The summed E-state index contributed by atoms with van der Waals surface area (Å²) in [5.74, 6) is 0.715. The molecule has 1 heterocycles. The molecule has 7 nitrogen and oxygen atoms in total. The highest BCUT2D eigenvalue weighted by Crippen LogP contribution is 2.31. The molecule has 0 N–H and O–H groups in total.